The third kappa shape index (κ3) is 3.56. The quantitative estimate of drug-likeness (QED) is 0.307. The number of Topliss-reactive ketones (excluding diaryl/α,β-unsaturated/α-hetero) is 1. The van der Waals surface area contributed by atoms with Crippen LogP contribution < -0.4 is 4.90 Å². The van der Waals surface area contributed by atoms with E-state index in [4.69, 9.17) is 18.9 Å². The van der Waals surface area contributed by atoms with Crippen LogP contribution >= 0.6 is 0 Å². The minimum Gasteiger partial charge on any atom is -0.461 e. The molecule has 1 aromatic carbocycles. The number of fused-ring (bicyclic) bond motifs is 2. The first-order valence-corrected chi connectivity index (χ1v) is 17.3. The Hall–Kier alpha value is -2.74. The van der Waals surface area contributed by atoms with Crippen molar-refractivity contribution in [3.63, 3.8) is 0 Å². The van der Waals surface area contributed by atoms with Gasteiger partial charge in [-0.1, -0.05) is 26.0 Å². The van der Waals surface area contributed by atoms with Gasteiger partial charge in [-0.15, -0.1) is 0 Å². The maximum absolute atomic E-state index is 14.1. The fraction of sp³-hybridized carbons (Fsp3) is 0.722. The number of para-hydroxylation sites is 1. The second-order valence-corrected chi connectivity index (χ2v) is 15.5. The summed E-state index contributed by atoms with van der Waals surface area (Å²) in [6, 6.07) is 5.93. The molecule has 2 saturated heterocycles. The van der Waals surface area contributed by atoms with Crippen LogP contribution in [0.2, 0.25) is 0 Å². The van der Waals surface area contributed by atoms with Gasteiger partial charge in [0.05, 0.1) is 48.1 Å². The second-order valence-electron chi connectivity index (χ2n) is 15.5. The maximum atomic E-state index is 14.1. The van der Waals surface area contributed by atoms with E-state index in [1.54, 1.807) is 52.5 Å². The summed E-state index contributed by atoms with van der Waals surface area (Å²) in [5, 5.41) is 26.1. The molecule has 5 saturated carbocycles. The summed E-state index contributed by atoms with van der Waals surface area (Å²) >= 11 is 0. The van der Waals surface area contributed by atoms with E-state index in [9.17, 15) is 29.4 Å². The number of ketones is 1. The van der Waals surface area contributed by atoms with Gasteiger partial charge < -0.3 is 29.2 Å². The van der Waals surface area contributed by atoms with Gasteiger partial charge in [0.25, 0.3) is 0 Å². The van der Waals surface area contributed by atoms with Crippen molar-refractivity contribution in [1.29, 1.82) is 0 Å². The fourth-order valence-electron chi connectivity index (χ4n) is 12.6. The summed E-state index contributed by atoms with van der Waals surface area (Å²) in [5.74, 6) is -3.81. The summed E-state index contributed by atoms with van der Waals surface area (Å²) in [5.41, 5.74) is -4.80. The average Bonchev–Trinajstić information content (AvgIpc) is 3.56. The second kappa shape index (κ2) is 10.6. The molecule has 12 heteroatoms. The van der Waals surface area contributed by atoms with Crippen LogP contribution in [0.15, 0.2) is 24.3 Å². The van der Waals surface area contributed by atoms with Crippen molar-refractivity contribution in [3.8, 4) is 0 Å². The van der Waals surface area contributed by atoms with Crippen molar-refractivity contribution in [3.05, 3.63) is 29.8 Å². The lowest BCUT2D eigenvalue weighted by atomic mass is 9.42. The van der Waals surface area contributed by atoms with Gasteiger partial charge in [0.15, 0.2) is 0 Å². The SMILES string of the molecule is CCN1CC2(COC(=O)c3ccccc3N3C(=O)CC(C)C3=O)CCC(OC)C34C5CC6C(=O)C5C(O)(CC6OC)C(O)(C(OC)C23)C14. The summed E-state index contributed by atoms with van der Waals surface area (Å²) in [4.78, 5) is 57.2. The first-order valence-electron chi connectivity index (χ1n) is 17.3. The van der Waals surface area contributed by atoms with Crippen LogP contribution in [0.4, 0.5) is 5.69 Å². The molecule has 12 nitrogen and oxygen atoms in total. The Kier molecular flexibility index (Phi) is 7.19. The van der Waals surface area contributed by atoms with Crippen molar-refractivity contribution in [2.75, 3.05) is 45.9 Å². The number of methoxy groups -OCH3 is 3. The number of carbonyl (C=O) groups excluding carboxylic acids is 4. The number of hydrogen-bond acceptors (Lipinski definition) is 11. The van der Waals surface area contributed by atoms with Crippen molar-refractivity contribution in [2.45, 2.75) is 81.5 Å². The van der Waals surface area contributed by atoms with Crippen LogP contribution in [0, 0.1) is 40.4 Å². The number of likely N-dealkylation sites (tertiary alicyclic amines) is 1. The van der Waals surface area contributed by atoms with E-state index in [0.29, 0.717) is 32.4 Å². The van der Waals surface area contributed by atoms with E-state index < -0.39 is 64.0 Å². The molecular weight excluding hydrogens is 620 g/mol. The fourth-order valence-corrected chi connectivity index (χ4v) is 12.6. The molecule has 260 valence electrons. The Labute approximate surface area is 280 Å². The lowest BCUT2D eigenvalue weighted by Crippen LogP contribution is -2.81. The largest absolute Gasteiger partial charge is 0.461 e. The molecule has 13 atom stereocenters. The number of hydrogen-bond donors (Lipinski definition) is 2. The summed E-state index contributed by atoms with van der Waals surface area (Å²) < 4.78 is 24.7. The van der Waals surface area contributed by atoms with Crippen molar-refractivity contribution < 1.29 is 48.3 Å². The van der Waals surface area contributed by atoms with Crippen LogP contribution in [-0.2, 0) is 33.3 Å². The Morgan fingerprint density at radius 1 is 1.06 bits per heavy atom. The number of likely N-dealkylation sites (N-methyl/N-ethyl adjacent to an activating group) is 1. The normalized spacial score (nSPS) is 47.2. The first-order chi connectivity index (χ1) is 22.9. The van der Waals surface area contributed by atoms with Crippen LogP contribution in [0.5, 0.6) is 0 Å². The molecule has 1 spiro atoms. The third-order valence-corrected chi connectivity index (χ3v) is 14.0. The number of benzene rings is 1. The molecule has 7 bridgehead atoms. The maximum Gasteiger partial charge on any atom is 0.340 e. The van der Waals surface area contributed by atoms with Gasteiger partial charge in [-0.2, -0.15) is 0 Å². The zero-order valence-corrected chi connectivity index (χ0v) is 28.2. The monoisotopic (exact) mass is 666 g/mol. The molecule has 2 heterocycles. The van der Waals surface area contributed by atoms with Crippen LogP contribution in [0.25, 0.3) is 0 Å². The van der Waals surface area contributed by atoms with Crippen molar-refractivity contribution in [1.82, 2.24) is 4.90 Å². The van der Waals surface area contributed by atoms with E-state index in [-0.39, 0.29) is 66.2 Å². The van der Waals surface area contributed by atoms with E-state index in [2.05, 4.69) is 4.90 Å². The minimum absolute atomic E-state index is 0.0195. The summed E-state index contributed by atoms with van der Waals surface area (Å²) in [7, 11) is 4.78. The number of rotatable bonds is 8. The van der Waals surface area contributed by atoms with Crippen molar-refractivity contribution >= 4 is 29.3 Å². The molecule has 7 aliphatic rings. The number of piperidine rings is 1. The van der Waals surface area contributed by atoms with E-state index in [0.717, 1.165) is 4.90 Å². The van der Waals surface area contributed by atoms with E-state index in [1.165, 1.54) is 0 Å². The van der Waals surface area contributed by atoms with Crippen LogP contribution in [0.1, 0.15) is 56.3 Å². The van der Waals surface area contributed by atoms with Gasteiger partial charge >= 0.3 is 5.97 Å². The van der Waals surface area contributed by atoms with E-state index in [1.807, 2.05) is 6.92 Å². The highest BCUT2D eigenvalue weighted by atomic mass is 16.5. The predicted molar refractivity (Wildman–Crippen MR) is 169 cm³/mol. The third-order valence-electron chi connectivity index (χ3n) is 14.0. The van der Waals surface area contributed by atoms with Gasteiger partial charge in [0, 0.05) is 69.3 Å². The Morgan fingerprint density at radius 2 is 1.81 bits per heavy atom. The number of carbonyl (C=O) groups is 4. The zero-order valence-electron chi connectivity index (χ0n) is 28.2. The number of amides is 2. The molecule has 1 aromatic rings. The molecule has 8 rings (SSSR count). The molecule has 5 aliphatic carbocycles. The van der Waals surface area contributed by atoms with Crippen molar-refractivity contribution in [2.24, 2.45) is 40.4 Å². The standard InChI is InChI=1S/C36H46N2O10/c1-6-37-16-33(17-48-31(42)19-9-7-8-10-22(19)38-25(39)13-18(2)30(38)41)12-11-24(46-4)35-21-14-20-23(45-3)15-34(43,26(21)27(20)40)36(44,32(35)37)29(47-5)28(33)35/h7-10,18,20-21,23-24,26,28-29,32,43-44H,6,11-17H2,1-5H3. The highest BCUT2D eigenvalue weighted by Gasteiger charge is 2.91. The Bertz CT molecular complexity index is 1580. The molecule has 2 aliphatic heterocycles. The van der Waals surface area contributed by atoms with Gasteiger partial charge in [-0.05, 0) is 43.9 Å². The average molecular weight is 667 g/mol. The number of aliphatic hydroxyl groups is 2. The van der Waals surface area contributed by atoms with Gasteiger partial charge in [-0.3, -0.25) is 19.3 Å². The highest BCUT2D eigenvalue weighted by Crippen LogP contribution is 2.80. The molecule has 2 N–H and O–H groups in total. The lowest BCUT2D eigenvalue weighted by molar-refractivity contribution is -0.300. The van der Waals surface area contributed by atoms with Gasteiger partial charge in [-0.25, -0.2) is 9.69 Å². The van der Waals surface area contributed by atoms with Crippen LogP contribution in [0.3, 0.4) is 0 Å². The highest BCUT2D eigenvalue weighted by molar-refractivity contribution is 6.22. The van der Waals surface area contributed by atoms with Crippen LogP contribution in [-0.4, -0.2) is 115 Å². The van der Waals surface area contributed by atoms with Gasteiger partial charge in [0.2, 0.25) is 11.8 Å². The lowest BCUT2D eigenvalue weighted by Gasteiger charge is -2.69. The Morgan fingerprint density at radius 3 is 2.46 bits per heavy atom. The minimum atomic E-state index is -1.84. The van der Waals surface area contributed by atoms with Gasteiger partial charge in [0.1, 0.15) is 17.0 Å². The topological polar surface area (TPSA) is 152 Å². The predicted octanol–water partition coefficient (Wildman–Crippen LogP) is 1.59. The molecule has 7 fully saturated rings. The summed E-state index contributed by atoms with van der Waals surface area (Å²) in [6.07, 6.45) is 0.178. The van der Waals surface area contributed by atoms with E-state index >= 15 is 0 Å². The molecule has 13 unspecified atom stereocenters. The smallest absolute Gasteiger partial charge is 0.340 e. The molecule has 2 amide bonds. The number of ether oxygens (including phenoxy) is 4. The number of nitrogens with zero attached hydrogens (tertiary/aromatic N) is 2. The zero-order chi connectivity index (χ0) is 34.1. The number of anilines is 1. The molecular formula is C36H46N2O10. The molecule has 48 heavy (non-hydrogen) atoms. The molecule has 0 aromatic heterocycles. The Balaban J connectivity index is 1.23. The number of esters is 1. The number of imide groups is 1. The molecule has 0 radical (unpaired) electrons. The first kappa shape index (κ1) is 32.5. The summed E-state index contributed by atoms with van der Waals surface area (Å²) in [6.45, 7) is 4.72.